The molecule has 28 heavy (non-hydrogen) atoms. The van der Waals surface area contributed by atoms with E-state index in [1.807, 2.05) is 67.6 Å². The van der Waals surface area contributed by atoms with Gasteiger partial charge >= 0.3 is 5.97 Å². The molecule has 2 unspecified atom stereocenters. The highest BCUT2D eigenvalue weighted by Gasteiger charge is 2.24. The Morgan fingerprint density at radius 2 is 1.50 bits per heavy atom. The Labute approximate surface area is 165 Å². The SMILES string of the molecule is CCC(C(=O)OC(C#N)c1cccc(Oc2ccccc2)c1)c1ccccc1. The van der Waals surface area contributed by atoms with Crippen LogP contribution < -0.4 is 4.74 Å². The predicted molar refractivity (Wildman–Crippen MR) is 107 cm³/mol. The third kappa shape index (κ3) is 4.77. The number of esters is 1. The van der Waals surface area contributed by atoms with Crippen molar-refractivity contribution >= 4 is 5.97 Å². The molecule has 0 aromatic heterocycles. The second-order valence-corrected chi connectivity index (χ2v) is 6.31. The van der Waals surface area contributed by atoms with E-state index in [0.29, 0.717) is 23.5 Å². The maximum Gasteiger partial charge on any atom is 0.315 e. The van der Waals surface area contributed by atoms with Crippen LogP contribution in [0, 0.1) is 11.3 Å². The fraction of sp³-hybridized carbons (Fsp3) is 0.167. The zero-order valence-corrected chi connectivity index (χ0v) is 15.6. The molecule has 0 bridgehead atoms. The topological polar surface area (TPSA) is 59.3 Å². The lowest BCUT2D eigenvalue weighted by Crippen LogP contribution is -2.18. The third-order valence-corrected chi connectivity index (χ3v) is 4.39. The summed E-state index contributed by atoms with van der Waals surface area (Å²) in [5.41, 5.74) is 1.46. The van der Waals surface area contributed by atoms with Crippen molar-refractivity contribution in [3.63, 3.8) is 0 Å². The van der Waals surface area contributed by atoms with Crippen molar-refractivity contribution in [3.05, 3.63) is 96.1 Å². The zero-order chi connectivity index (χ0) is 19.8. The van der Waals surface area contributed by atoms with Crippen LogP contribution in [-0.4, -0.2) is 5.97 Å². The van der Waals surface area contributed by atoms with Crippen LogP contribution in [0.15, 0.2) is 84.9 Å². The molecule has 0 aliphatic carbocycles. The molecule has 0 N–H and O–H groups in total. The van der Waals surface area contributed by atoms with Gasteiger partial charge in [0.25, 0.3) is 0 Å². The van der Waals surface area contributed by atoms with Crippen molar-refractivity contribution in [2.45, 2.75) is 25.4 Å². The second kappa shape index (κ2) is 9.38. The average Bonchev–Trinajstić information content (AvgIpc) is 2.74. The minimum Gasteiger partial charge on any atom is -0.457 e. The van der Waals surface area contributed by atoms with E-state index >= 15 is 0 Å². The number of hydrogen-bond acceptors (Lipinski definition) is 4. The number of nitrogens with zero attached hydrogens (tertiary/aromatic N) is 1. The third-order valence-electron chi connectivity index (χ3n) is 4.39. The smallest absolute Gasteiger partial charge is 0.315 e. The summed E-state index contributed by atoms with van der Waals surface area (Å²) in [6, 6.07) is 27.9. The first-order valence-electron chi connectivity index (χ1n) is 9.19. The first-order valence-corrected chi connectivity index (χ1v) is 9.19. The number of benzene rings is 3. The van der Waals surface area contributed by atoms with Crippen molar-refractivity contribution in [2.75, 3.05) is 0 Å². The van der Waals surface area contributed by atoms with Gasteiger partial charge < -0.3 is 9.47 Å². The van der Waals surface area contributed by atoms with Crippen LogP contribution in [0.4, 0.5) is 0 Å². The zero-order valence-electron chi connectivity index (χ0n) is 15.6. The summed E-state index contributed by atoms with van der Waals surface area (Å²) in [7, 11) is 0. The van der Waals surface area contributed by atoms with Crippen molar-refractivity contribution in [2.24, 2.45) is 0 Å². The second-order valence-electron chi connectivity index (χ2n) is 6.31. The number of ether oxygens (including phenoxy) is 2. The van der Waals surface area contributed by atoms with Gasteiger partial charge in [-0.3, -0.25) is 4.79 Å². The van der Waals surface area contributed by atoms with Crippen LogP contribution in [0.25, 0.3) is 0 Å². The molecule has 3 rings (SSSR count). The van der Waals surface area contributed by atoms with Crippen molar-refractivity contribution < 1.29 is 14.3 Å². The Balaban J connectivity index is 1.75. The fourth-order valence-electron chi connectivity index (χ4n) is 2.96. The Morgan fingerprint density at radius 3 is 2.14 bits per heavy atom. The Bertz CT molecular complexity index is 948. The number of rotatable bonds is 7. The summed E-state index contributed by atoms with van der Waals surface area (Å²) < 4.78 is 11.3. The first kappa shape index (κ1) is 19.2. The van der Waals surface area contributed by atoms with Gasteiger partial charge in [0.15, 0.2) is 0 Å². The van der Waals surface area contributed by atoms with Crippen molar-refractivity contribution in [3.8, 4) is 17.6 Å². The lowest BCUT2D eigenvalue weighted by atomic mass is 9.96. The minimum atomic E-state index is -0.996. The quantitative estimate of drug-likeness (QED) is 0.494. The molecule has 3 aromatic rings. The molecule has 140 valence electrons. The summed E-state index contributed by atoms with van der Waals surface area (Å²) in [4.78, 5) is 12.7. The van der Waals surface area contributed by atoms with Gasteiger partial charge in [-0.1, -0.05) is 67.6 Å². The molecule has 4 nitrogen and oxygen atoms in total. The molecule has 0 radical (unpaired) electrons. The van der Waals surface area contributed by atoms with Gasteiger partial charge in [0.2, 0.25) is 6.10 Å². The molecule has 3 aromatic carbocycles. The molecule has 0 aliphatic rings. The number of carbonyl (C=O) groups excluding carboxylic acids is 1. The number of nitriles is 1. The van der Waals surface area contributed by atoms with Gasteiger partial charge in [-0.25, -0.2) is 0 Å². The summed E-state index contributed by atoms with van der Waals surface area (Å²) in [5, 5.41) is 9.57. The van der Waals surface area contributed by atoms with E-state index in [9.17, 15) is 10.1 Å². The van der Waals surface area contributed by atoms with Crippen LogP contribution in [0.5, 0.6) is 11.5 Å². The lowest BCUT2D eigenvalue weighted by molar-refractivity contribution is -0.148. The molecule has 0 heterocycles. The molecular formula is C24H21NO3. The Hall–Kier alpha value is -3.58. The molecule has 4 heteroatoms. The molecule has 0 fully saturated rings. The fourth-order valence-corrected chi connectivity index (χ4v) is 2.96. The van der Waals surface area contributed by atoms with Gasteiger partial charge in [0, 0.05) is 5.56 Å². The van der Waals surface area contributed by atoms with E-state index in [1.165, 1.54) is 0 Å². The summed E-state index contributed by atoms with van der Waals surface area (Å²) in [6.07, 6.45) is -0.400. The lowest BCUT2D eigenvalue weighted by Gasteiger charge is -2.18. The largest absolute Gasteiger partial charge is 0.457 e. The molecule has 2 atom stereocenters. The molecule has 0 saturated carbocycles. The van der Waals surface area contributed by atoms with Crippen LogP contribution in [0.3, 0.4) is 0 Å². The highest BCUT2D eigenvalue weighted by molar-refractivity contribution is 5.78. The number of para-hydroxylation sites is 1. The number of hydrogen-bond donors (Lipinski definition) is 0. The maximum atomic E-state index is 12.7. The maximum absolute atomic E-state index is 12.7. The summed E-state index contributed by atoms with van der Waals surface area (Å²) >= 11 is 0. The van der Waals surface area contributed by atoms with Gasteiger partial charge in [0.1, 0.15) is 17.6 Å². The van der Waals surface area contributed by atoms with Crippen LogP contribution in [0.1, 0.15) is 36.5 Å². The molecule has 0 spiro atoms. The van der Waals surface area contributed by atoms with E-state index in [1.54, 1.807) is 24.3 Å². The molecule has 0 amide bonds. The van der Waals surface area contributed by atoms with Gasteiger partial charge in [-0.15, -0.1) is 0 Å². The summed E-state index contributed by atoms with van der Waals surface area (Å²) in [5.74, 6) is 0.464. The van der Waals surface area contributed by atoms with E-state index in [2.05, 4.69) is 6.07 Å². The van der Waals surface area contributed by atoms with Crippen molar-refractivity contribution in [1.29, 1.82) is 5.26 Å². The van der Waals surface area contributed by atoms with Gasteiger partial charge in [0.05, 0.1) is 5.92 Å². The molecule has 0 aliphatic heterocycles. The predicted octanol–water partition coefficient (Wildman–Crippen LogP) is 5.78. The van der Waals surface area contributed by atoms with E-state index in [4.69, 9.17) is 9.47 Å². The number of carbonyl (C=O) groups is 1. The standard InChI is InChI=1S/C24H21NO3/c1-2-22(18-10-5-3-6-11-18)24(26)28-23(17-25)19-12-9-15-21(16-19)27-20-13-7-4-8-14-20/h3-16,22-23H,2H2,1H3. The Kier molecular flexibility index (Phi) is 6.43. The monoisotopic (exact) mass is 371 g/mol. The van der Waals surface area contributed by atoms with Crippen LogP contribution in [0.2, 0.25) is 0 Å². The van der Waals surface area contributed by atoms with E-state index in [0.717, 1.165) is 5.56 Å². The highest BCUT2D eigenvalue weighted by Crippen LogP contribution is 2.28. The highest BCUT2D eigenvalue weighted by atomic mass is 16.5. The molecular weight excluding hydrogens is 350 g/mol. The van der Waals surface area contributed by atoms with Crippen molar-refractivity contribution in [1.82, 2.24) is 0 Å². The van der Waals surface area contributed by atoms with Gasteiger partial charge in [-0.2, -0.15) is 5.26 Å². The molecule has 0 saturated heterocycles. The first-order chi connectivity index (χ1) is 13.7. The average molecular weight is 371 g/mol. The van der Waals surface area contributed by atoms with E-state index in [-0.39, 0.29) is 0 Å². The van der Waals surface area contributed by atoms with Gasteiger partial charge in [-0.05, 0) is 36.2 Å². The van der Waals surface area contributed by atoms with Crippen LogP contribution >= 0.6 is 0 Å². The van der Waals surface area contributed by atoms with E-state index < -0.39 is 18.0 Å². The van der Waals surface area contributed by atoms with Crippen LogP contribution in [-0.2, 0) is 9.53 Å². The summed E-state index contributed by atoms with van der Waals surface area (Å²) in [6.45, 7) is 1.93. The normalized spacial score (nSPS) is 12.4. The minimum absolute atomic E-state index is 0.402. The Morgan fingerprint density at radius 1 is 0.893 bits per heavy atom.